The summed E-state index contributed by atoms with van der Waals surface area (Å²) >= 11 is 3.13. The Kier molecular flexibility index (Phi) is 4.97. The Morgan fingerprint density at radius 1 is 1.13 bits per heavy atom. The Morgan fingerprint density at radius 2 is 2.07 bits per heavy atom. The van der Waals surface area contributed by atoms with Gasteiger partial charge < -0.3 is 9.15 Å². The van der Waals surface area contributed by atoms with E-state index in [-0.39, 0.29) is 0 Å². The Morgan fingerprint density at radius 3 is 2.90 bits per heavy atom. The van der Waals surface area contributed by atoms with Crippen LogP contribution in [0.4, 0.5) is 0 Å². The number of fused-ring (bicyclic) bond motifs is 1. The largest absolute Gasteiger partial charge is 0.497 e. The highest BCUT2D eigenvalue weighted by Crippen LogP contribution is 2.35. The first kappa shape index (κ1) is 18.8. The van der Waals surface area contributed by atoms with E-state index in [9.17, 15) is 0 Å². The quantitative estimate of drug-likeness (QED) is 0.345. The lowest BCUT2D eigenvalue weighted by molar-refractivity contribution is 0.415. The summed E-state index contributed by atoms with van der Waals surface area (Å²) in [5.74, 6) is 2.32. The topological polar surface area (TPSA) is 78.9 Å². The van der Waals surface area contributed by atoms with Gasteiger partial charge in [0.25, 0.3) is 0 Å². The van der Waals surface area contributed by atoms with Crippen molar-refractivity contribution < 1.29 is 9.15 Å². The summed E-state index contributed by atoms with van der Waals surface area (Å²) in [5.41, 5.74) is 0.916. The van der Waals surface area contributed by atoms with Crippen LogP contribution in [-0.4, -0.2) is 31.8 Å². The highest BCUT2D eigenvalue weighted by Gasteiger charge is 2.19. The normalized spacial score (nSPS) is 11.3. The molecule has 4 aromatic heterocycles. The van der Waals surface area contributed by atoms with Crippen molar-refractivity contribution in [2.24, 2.45) is 0 Å². The summed E-state index contributed by atoms with van der Waals surface area (Å²) in [6.07, 6.45) is 3.26. The van der Waals surface area contributed by atoms with Crippen LogP contribution in [0.15, 0.2) is 69.7 Å². The molecule has 0 spiro atoms. The second-order valence-corrected chi connectivity index (χ2v) is 8.75. The van der Waals surface area contributed by atoms with Gasteiger partial charge in [0.05, 0.1) is 19.9 Å². The smallest absolute Gasteiger partial charge is 0.198 e. The number of aromatic nitrogens is 5. The Balaban J connectivity index is 1.59. The number of benzene rings is 1. The van der Waals surface area contributed by atoms with Gasteiger partial charge in [-0.2, -0.15) is 0 Å². The number of furan rings is 1. The number of hydrogen-bond acceptors (Lipinski definition) is 8. The summed E-state index contributed by atoms with van der Waals surface area (Å²) in [4.78, 5) is 11.0. The summed E-state index contributed by atoms with van der Waals surface area (Å²) in [5, 5.41) is 11.6. The lowest BCUT2D eigenvalue weighted by atomic mass is 10.2. The van der Waals surface area contributed by atoms with E-state index in [1.165, 1.54) is 16.6 Å². The molecule has 30 heavy (non-hydrogen) atoms. The zero-order valence-corrected chi connectivity index (χ0v) is 17.9. The van der Waals surface area contributed by atoms with Gasteiger partial charge in [-0.15, -0.1) is 21.5 Å². The van der Waals surface area contributed by atoms with E-state index in [1.807, 2.05) is 41.0 Å². The zero-order chi connectivity index (χ0) is 20.5. The van der Waals surface area contributed by atoms with E-state index in [4.69, 9.17) is 9.15 Å². The molecule has 0 unspecified atom stereocenters. The first-order valence-corrected chi connectivity index (χ1v) is 10.8. The number of aryl methyl sites for hydroxylation is 1. The Bertz CT molecular complexity index is 1310. The molecule has 9 heteroatoms. The molecular weight excluding hydrogens is 418 g/mol. The van der Waals surface area contributed by atoms with Gasteiger partial charge in [0, 0.05) is 15.8 Å². The molecule has 0 saturated carbocycles. The van der Waals surface area contributed by atoms with Gasteiger partial charge in [0.2, 0.25) is 0 Å². The lowest BCUT2D eigenvalue weighted by Crippen LogP contribution is -2.03. The first-order chi connectivity index (χ1) is 14.7. The van der Waals surface area contributed by atoms with Crippen LogP contribution in [0, 0.1) is 6.92 Å². The van der Waals surface area contributed by atoms with Crippen molar-refractivity contribution in [3.05, 3.63) is 65.7 Å². The fourth-order valence-corrected chi connectivity index (χ4v) is 4.96. The van der Waals surface area contributed by atoms with E-state index in [0.29, 0.717) is 6.54 Å². The molecule has 5 aromatic rings. The average Bonchev–Trinajstić information content (AvgIpc) is 3.49. The standard InChI is InChI=1S/C21H17N5O2S2/c1-13-9-17-19(29-13)22-12-23-20(17)30-21-25-24-18(14-5-3-6-15(10-14)27-2)26(21)11-16-7-4-8-28-16/h3-10,12H,11H2,1-2H3. The third-order valence-electron chi connectivity index (χ3n) is 4.54. The molecule has 0 bridgehead atoms. The average molecular weight is 436 g/mol. The molecule has 5 rings (SSSR count). The van der Waals surface area contributed by atoms with Crippen molar-refractivity contribution in [3.63, 3.8) is 0 Å². The highest BCUT2D eigenvalue weighted by molar-refractivity contribution is 7.99. The van der Waals surface area contributed by atoms with E-state index in [0.717, 1.165) is 43.3 Å². The predicted octanol–water partition coefficient (Wildman–Crippen LogP) is 5.06. The second kappa shape index (κ2) is 7.92. The van der Waals surface area contributed by atoms with Gasteiger partial charge in [0.15, 0.2) is 11.0 Å². The maximum absolute atomic E-state index is 5.59. The van der Waals surface area contributed by atoms with Gasteiger partial charge in [-0.05, 0) is 49.0 Å². The molecule has 0 aliphatic carbocycles. The Labute approximate surface area is 180 Å². The molecule has 0 fully saturated rings. The van der Waals surface area contributed by atoms with Crippen molar-refractivity contribution in [1.29, 1.82) is 0 Å². The lowest BCUT2D eigenvalue weighted by Gasteiger charge is -2.09. The molecule has 7 nitrogen and oxygen atoms in total. The van der Waals surface area contributed by atoms with E-state index < -0.39 is 0 Å². The molecule has 150 valence electrons. The molecule has 0 N–H and O–H groups in total. The van der Waals surface area contributed by atoms with Crippen molar-refractivity contribution >= 4 is 33.3 Å². The van der Waals surface area contributed by atoms with Gasteiger partial charge in [-0.3, -0.25) is 4.57 Å². The van der Waals surface area contributed by atoms with Gasteiger partial charge >= 0.3 is 0 Å². The second-order valence-electron chi connectivity index (χ2n) is 6.56. The number of hydrogen-bond donors (Lipinski definition) is 0. The molecule has 0 saturated heterocycles. The van der Waals surface area contributed by atoms with Crippen LogP contribution in [0.3, 0.4) is 0 Å². The van der Waals surface area contributed by atoms with Crippen LogP contribution in [0.1, 0.15) is 10.6 Å². The molecule has 0 atom stereocenters. The third kappa shape index (κ3) is 3.57. The number of methoxy groups -OCH3 is 1. The Hall–Kier alpha value is -3.17. The van der Waals surface area contributed by atoms with Crippen LogP contribution in [0.5, 0.6) is 5.75 Å². The van der Waals surface area contributed by atoms with Gasteiger partial charge in [-0.1, -0.05) is 12.1 Å². The summed E-state index contributed by atoms with van der Waals surface area (Å²) < 4.78 is 13.0. The predicted molar refractivity (Wildman–Crippen MR) is 116 cm³/mol. The fraction of sp³-hybridized carbons (Fsp3) is 0.143. The molecule has 1 aromatic carbocycles. The zero-order valence-electron chi connectivity index (χ0n) is 16.3. The van der Waals surface area contributed by atoms with Gasteiger partial charge in [0.1, 0.15) is 27.7 Å². The van der Waals surface area contributed by atoms with E-state index in [1.54, 1.807) is 31.0 Å². The van der Waals surface area contributed by atoms with Crippen molar-refractivity contribution in [3.8, 4) is 17.1 Å². The minimum absolute atomic E-state index is 0.506. The van der Waals surface area contributed by atoms with E-state index >= 15 is 0 Å². The highest BCUT2D eigenvalue weighted by atomic mass is 32.2. The summed E-state index contributed by atoms with van der Waals surface area (Å²) in [6, 6.07) is 13.7. The third-order valence-corrected chi connectivity index (χ3v) is 6.50. The number of thiophene rings is 1. The van der Waals surface area contributed by atoms with Crippen LogP contribution in [-0.2, 0) is 6.54 Å². The number of nitrogens with zero attached hydrogens (tertiary/aromatic N) is 5. The first-order valence-electron chi connectivity index (χ1n) is 9.20. The van der Waals surface area contributed by atoms with E-state index in [2.05, 4.69) is 33.2 Å². The number of ether oxygens (including phenoxy) is 1. The van der Waals surface area contributed by atoms with Crippen LogP contribution < -0.4 is 4.74 Å². The molecule has 0 radical (unpaired) electrons. The van der Waals surface area contributed by atoms with Crippen molar-refractivity contribution in [2.75, 3.05) is 7.11 Å². The van der Waals surface area contributed by atoms with Crippen LogP contribution in [0.2, 0.25) is 0 Å². The molecule has 0 amide bonds. The SMILES string of the molecule is COc1cccc(-c2nnc(Sc3ncnc4sc(C)cc34)n2Cc2ccco2)c1. The van der Waals surface area contributed by atoms with Crippen molar-refractivity contribution in [1.82, 2.24) is 24.7 Å². The molecule has 4 heterocycles. The monoisotopic (exact) mass is 435 g/mol. The van der Waals surface area contributed by atoms with Gasteiger partial charge in [-0.25, -0.2) is 9.97 Å². The molecule has 0 aliphatic rings. The van der Waals surface area contributed by atoms with Crippen molar-refractivity contribution in [2.45, 2.75) is 23.7 Å². The number of rotatable bonds is 6. The van der Waals surface area contributed by atoms with Crippen LogP contribution in [0.25, 0.3) is 21.6 Å². The fourth-order valence-electron chi connectivity index (χ4n) is 3.16. The maximum Gasteiger partial charge on any atom is 0.198 e. The molecule has 0 aliphatic heterocycles. The molecular formula is C21H17N5O2S2. The minimum Gasteiger partial charge on any atom is -0.497 e. The summed E-state index contributed by atoms with van der Waals surface area (Å²) in [6.45, 7) is 2.58. The maximum atomic E-state index is 5.59. The van der Waals surface area contributed by atoms with Crippen LogP contribution >= 0.6 is 23.1 Å². The minimum atomic E-state index is 0.506. The summed E-state index contributed by atoms with van der Waals surface area (Å²) in [7, 11) is 1.65.